The zero-order valence-electron chi connectivity index (χ0n) is 22.1. The van der Waals surface area contributed by atoms with Gasteiger partial charge < -0.3 is 74.4 Å². The second kappa shape index (κ2) is 12.2. The van der Waals surface area contributed by atoms with Crippen LogP contribution < -0.4 is 10.2 Å². The molecule has 10 N–H and O–H groups in total. The van der Waals surface area contributed by atoms with Gasteiger partial charge in [-0.05, 0) is 12.1 Å². The number of benzene rings is 2. The van der Waals surface area contributed by atoms with Crippen molar-refractivity contribution in [1.29, 1.82) is 0 Å². The molecule has 3 aromatic rings. The number of ether oxygens (including phenoxy) is 4. The topological polar surface area (TPSA) is 269 Å². The standard InChI is InChI=1S/C27H30O16/c28-6-16-20(33)22(35)24(37)26(42-16)40-8-17-21(34)23(36)25(38)27(43-17)41-10-4-14(31)18-15(5-10)39-7-12(19(18)32)11-2-1-9(29)3-13(11)30/h1-5,7,16-17,20-31,33-38H,6,8H2/t16-,17-,20-,21-,22+,23+,24-,25-,26-,27-/m1/s1. The maximum atomic E-state index is 13.1. The molecule has 2 aliphatic rings. The number of phenolic OH excluding ortho intramolecular Hbond substituents is 3. The van der Waals surface area contributed by atoms with E-state index < -0.39 is 91.6 Å². The highest BCUT2D eigenvalue weighted by Crippen LogP contribution is 2.35. The minimum absolute atomic E-state index is 0.0384. The Morgan fingerprint density at radius 3 is 2.05 bits per heavy atom. The van der Waals surface area contributed by atoms with Crippen LogP contribution in [0.2, 0.25) is 0 Å². The number of aliphatic hydroxyl groups is 7. The van der Waals surface area contributed by atoms with Crippen LogP contribution in [0.5, 0.6) is 23.0 Å². The SMILES string of the molecule is O=c1c(-c2ccc(O)cc2O)coc2cc(O[C@@H]3O[C@H](CO[C@@H]4O[C@H](CO)[C@@H](O)[C@H](O)[C@H]4O)[C@@H](O)[C@H](O)[C@H]3O)cc(O)c12. The quantitative estimate of drug-likeness (QED) is 0.133. The fraction of sp³-hybridized carbons (Fsp3) is 0.444. The van der Waals surface area contributed by atoms with Crippen LogP contribution in [0.15, 0.2) is 45.8 Å². The van der Waals surface area contributed by atoms with E-state index in [1.807, 2.05) is 0 Å². The molecule has 0 unspecified atom stereocenters. The Hall–Kier alpha value is -3.55. The van der Waals surface area contributed by atoms with Gasteiger partial charge in [-0.15, -0.1) is 0 Å². The highest BCUT2D eigenvalue weighted by molar-refractivity contribution is 5.88. The molecular formula is C27H30O16. The van der Waals surface area contributed by atoms with Crippen LogP contribution in [0.4, 0.5) is 0 Å². The highest BCUT2D eigenvalue weighted by atomic mass is 16.7. The number of phenols is 3. The summed E-state index contributed by atoms with van der Waals surface area (Å²) in [5.74, 6) is -1.42. The molecular weight excluding hydrogens is 580 g/mol. The van der Waals surface area contributed by atoms with E-state index in [1.54, 1.807) is 0 Å². The van der Waals surface area contributed by atoms with Crippen LogP contribution in [-0.2, 0) is 14.2 Å². The van der Waals surface area contributed by atoms with E-state index in [4.69, 9.17) is 23.4 Å². The van der Waals surface area contributed by atoms with Gasteiger partial charge in [-0.2, -0.15) is 0 Å². The van der Waals surface area contributed by atoms with Gasteiger partial charge in [0, 0.05) is 23.8 Å². The summed E-state index contributed by atoms with van der Waals surface area (Å²) in [6, 6.07) is 5.75. The Bertz CT molecular complexity index is 1510. The average molecular weight is 611 g/mol. The van der Waals surface area contributed by atoms with Crippen molar-refractivity contribution >= 4 is 11.0 Å². The van der Waals surface area contributed by atoms with Crippen LogP contribution >= 0.6 is 0 Å². The van der Waals surface area contributed by atoms with Crippen LogP contribution in [0.1, 0.15) is 0 Å². The molecule has 16 nitrogen and oxygen atoms in total. The Kier molecular flexibility index (Phi) is 8.77. The van der Waals surface area contributed by atoms with Crippen molar-refractivity contribution in [1.82, 2.24) is 0 Å². The maximum absolute atomic E-state index is 13.1. The molecule has 0 spiro atoms. The van der Waals surface area contributed by atoms with E-state index in [9.17, 15) is 55.9 Å². The summed E-state index contributed by atoms with van der Waals surface area (Å²) < 4.78 is 27.3. The van der Waals surface area contributed by atoms with Crippen molar-refractivity contribution in [3.8, 4) is 34.1 Å². The zero-order chi connectivity index (χ0) is 31.2. The molecule has 2 saturated heterocycles. The van der Waals surface area contributed by atoms with Crippen molar-refractivity contribution in [3.05, 3.63) is 46.8 Å². The van der Waals surface area contributed by atoms with Gasteiger partial charge in [-0.1, -0.05) is 0 Å². The lowest BCUT2D eigenvalue weighted by Crippen LogP contribution is -2.62. The van der Waals surface area contributed by atoms with Crippen LogP contribution in [0, 0.1) is 0 Å². The lowest BCUT2D eigenvalue weighted by molar-refractivity contribution is -0.323. The van der Waals surface area contributed by atoms with Crippen LogP contribution in [0.25, 0.3) is 22.1 Å². The molecule has 3 heterocycles. The monoisotopic (exact) mass is 610 g/mol. The first-order chi connectivity index (χ1) is 20.4. The maximum Gasteiger partial charge on any atom is 0.229 e. The average Bonchev–Trinajstić information content (AvgIpc) is 2.97. The lowest BCUT2D eigenvalue weighted by atomic mass is 9.98. The molecule has 43 heavy (non-hydrogen) atoms. The van der Waals surface area contributed by atoms with Crippen molar-refractivity contribution in [2.24, 2.45) is 0 Å². The predicted molar refractivity (Wildman–Crippen MR) is 140 cm³/mol. The second-order valence-corrected chi connectivity index (χ2v) is 10.2. The third kappa shape index (κ3) is 5.85. The van der Waals surface area contributed by atoms with Crippen molar-refractivity contribution < 1.29 is 74.4 Å². The first kappa shape index (κ1) is 30.9. The summed E-state index contributed by atoms with van der Waals surface area (Å²) in [7, 11) is 0. The molecule has 10 atom stereocenters. The van der Waals surface area contributed by atoms with Crippen molar-refractivity contribution in [3.63, 3.8) is 0 Å². The van der Waals surface area contributed by atoms with Gasteiger partial charge in [-0.25, -0.2) is 0 Å². The zero-order valence-corrected chi connectivity index (χ0v) is 22.1. The van der Waals surface area contributed by atoms with E-state index in [-0.39, 0.29) is 33.6 Å². The van der Waals surface area contributed by atoms with Gasteiger partial charge in [0.2, 0.25) is 11.7 Å². The number of hydrogen-bond donors (Lipinski definition) is 10. The molecule has 2 aromatic carbocycles. The van der Waals surface area contributed by atoms with Crippen molar-refractivity contribution in [2.45, 2.75) is 61.4 Å². The Morgan fingerprint density at radius 2 is 1.37 bits per heavy atom. The Balaban J connectivity index is 1.34. The highest BCUT2D eigenvalue weighted by Gasteiger charge is 2.48. The van der Waals surface area contributed by atoms with E-state index >= 15 is 0 Å². The minimum atomic E-state index is -1.82. The third-order valence-electron chi connectivity index (χ3n) is 7.30. The first-order valence-corrected chi connectivity index (χ1v) is 13.0. The first-order valence-electron chi connectivity index (χ1n) is 13.0. The molecule has 0 bridgehead atoms. The minimum Gasteiger partial charge on any atom is -0.508 e. The molecule has 0 saturated carbocycles. The fourth-order valence-electron chi connectivity index (χ4n) is 4.89. The third-order valence-corrected chi connectivity index (χ3v) is 7.30. The van der Waals surface area contributed by atoms with E-state index in [0.717, 1.165) is 18.4 Å². The molecule has 0 aliphatic carbocycles. The summed E-state index contributed by atoms with van der Waals surface area (Å²) >= 11 is 0. The molecule has 1 aromatic heterocycles. The second-order valence-electron chi connectivity index (χ2n) is 10.2. The molecule has 5 rings (SSSR count). The number of fused-ring (bicyclic) bond motifs is 1. The fourth-order valence-corrected chi connectivity index (χ4v) is 4.89. The summed E-state index contributed by atoms with van der Waals surface area (Å²) in [6.07, 6.45) is -15.3. The molecule has 2 aliphatic heterocycles. The van der Waals surface area contributed by atoms with E-state index in [0.29, 0.717) is 0 Å². The molecule has 0 radical (unpaired) electrons. The van der Waals surface area contributed by atoms with Gasteiger partial charge in [0.1, 0.15) is 89.1 Å². The van der Waals surface area contributed by atoms with E-state index in [1.165, 1.54) is 18.2 Å². The van der Waals surface area contributed by atoms with Gasteiger partial charge >= 0.3 is 0 Å². The largest absolute Gasteiger partial charge is 0.508 e. The summed E-state index contributed by atoms with van der Waals surface area (Å²) in [5.41, 5.74) is -0.949. The van der Waals surface area contributed by atoms with Crippen LogP contribution in [-0.4, -0.2) is 126 Å². The molecule has 0 amide bonds. The molecule has 234 valence electrons. The van der Waals surface area contributed by atoms with Gasteiger partial charge in [0.15, 0.2) is 6.29 Å². The summed E-state index contributed by atoms with van der Waals surface area (Å²) in [5, 5.41) is 101. The Morgan fingerprint density at radius 1 is 0.721 bits per heavy atom. The van der Waals surface area contributed by atoms with Gasteiger partial charge in [0.05, 0.1) is 18.8 Å². The molecule has 16 heteroatoms. The summed E-state index contributed by atoms with van der Waals surface area (Å²) in [6.45, 7) is -1.29. The number of aromatic hydroxyl groups is 3. The number of aliphatic hydroxyl groups excluding tert-OH is 7. The number of hydrogen-bond acceptors (Lipinski definition) is 16. The van der Waals surface area contributed by atoms with Gasteiger partial charge in [-0.3, -0.25) is 4.79 Å². The smallest absolute Gasteiger partial charge is 0.229 e. The van der Waals surface area contributed by atoms with E-state index in [2.05, 4.69) is 0 Å². The van der Waals surface area contributed by atoms with Gasteiger partial charge in [0.25, 0.3) is 0 Å². The molecule has 2 fully saturated rings. The Labute approximate surface area is 241 Å². The predicted octanol–water partition coefficient (Wildman–Crippen LogP) is -2.42. The van der Waals surface area contributed by atoms with Crippen LogP contribution in [0.3, 0.4) is 0 Å². The number of rotatable bonds is 7. The lowest BCUT2D eigenvalue weighted by Gasteiger charge is -2.42. The van der Waals surface area contributed by atoms with Crippen molar-refractivity contribution in [2.75, 3.05) is 13.2 Å². The summed E-state index contributed by atoms with van der Waals surface area (Å²) in [4.78, 5) is 13.1. The normalized spacial score (nSPS) is 33.0.